The Labute approximate surface area is 183 Å². The van der Waals surface area contributed by atoms with Crippen LogP contribution in [0.15, 0.2) is 0 Å². The molecule has 0 aromatic heterocycles. The Morgan fingerprint density at radius 2 is 0.857 bits per heavy atom. The van der Waals surface area contributed by atoms with Crippen LogP contribution in [0, 0.1) is 0 Å². The molecular weight excluding hydrogens is 384 g/mol. The highest BCUT2D eigenvalue weighted by Gasteiger charge is 2.38. The maximum Gasteiger partial charge on any atom is 0.500 e. The van der Waals surface area contributed by atoms with E-state index < -0.39 is 8.80 Å². The highest BCUT2D eigenvalue weighted by molar-refractivity contribution is 7.80. The molecule has 3 nitrogen and oxygen atoms in total. The molecule has 0 aliphatic rings. The lowest BCUT2D eigenvalue weighted by molar-refractivity contribution is 0.0859. The fourth-order valence-electron chi connectivity index (χ4n) is 3.77. The fraction of sp³-hybridized carbons (Fsp3) is 1.00. The van der Waals surface area contributed by atoms with E-state index in [0.717, 1.165) is 18.2 Å². The lowest BCUT2D eigenvalue weighted by atomic mass is 10.0. The average Bonchev–Trinajstić information content (AvgIpc) is 2.70. The van der Waals surface area contributed by atoms with Crippen LogP contribution in [-0.4, -0.2) is 34.9 Å². The maximum absolute atomic E-state index is 5.84. The van der Waals surface area contributed by atoms with E-state index in [9.17, 15) is 0 Å². The van der Waals surface area contributed by atoms with Crippen molar-refractivity contribution in [3.05, 3.63) is 0 Å². The summed E-state index contributed by atoms with van der Waals surface area (Å²) in [6, 6.07) is 0.959. The molecule has 0 saturated carbocycles. The van der Waals surface area contributed by atoms with Gasteiger partial charge in [0, 0.05) is 26.4 Å². The summed E-state index contributed by atoms with van der Waals surface area (Å²) in [5.74, 6) is 1.05. The second kappa shape index (κ2) is 22.1. The molecule has 0 radical (unpaired) electrons. The normalized spacial score (nSPS) is 12.0. The molecule has 0 fully saturated rings. The Morgan fingerprint density at radius 3 is 1.14 bits per heavy atom. The first-order chi connectivity index (χ1) is 13.7. The number of thiol groups is 1. The predicted octanol–water partition coefficient (Wildman–Crippen LogP) is 7.82. The predicted molar refractivity (Wildman–Crippen MR) is 129 cm³/mol. The topological polar surface area (TPSA) is 27.7 Å². The van der Waals surface area contributed by atoms with E-state index in [1.165, 1.54) is 96.3 Å². The van der Waals surface area contributed by atoms with Crippen molar-refractivity contribution in [1.29, 1.82) is 0 Å². The van der Waals surface area contributed by atoms with E-state index in [2.05, 4.69) is 12.6 Å². The minimum Gasteiger partial charge on any atom is -0.377 e. The average molecular weight is 435 g/mol. The monoisotopic (exact) mass is 434 g/mol. The summed E-state index contributed by atoms with van der Waals surface area (Å²) in [4.78, 5) is 0. The second-order valence-corrected chi connectivity index (χ2v) is 11.2. The van der Waals surface area contributed by atoms with Gasteiger partial charge in [-0.3, -0.25) is 0 Å². The molecule has 0 amide bonds. The van der Waals surface area contributed by atoms with Crippen LogP contribution < -0.4 is 0 Å². The van der Waals surface area contributed by atoms with E-state index >= 15 is 0 Å². The molecule has 0 saturated heterocycles. The molecule has 0 spiro atoms. The Kier molecular flexibility index (Phi) is 22.5. The molecule has 0 unspecified atom stereocenters. The van der Waals surface area contributed by atoms with Crippen molar-refractivity contribution in [2.75, 3.05) is 26.1 Å². The highest BCUT2D eigenvalue weighted by Crippen LogP contribution is 2.20. The van der Waals surface area contributed by atoms with E-state index in [1.807, 2.05) is 13.8 Å². The van der Waals surface area contributed by atoms with Crippen molar-refractivity contribution in [1.82, 2.24) is 0 Å². The number of unbranched alkanes of at least 4 members (excludes halogenated alkanes) is 15. The van der Waals surface area contributed by atoms with Crippen molar-refractivity contribution in [3.63, 3.8) is 0 Å². The molecule has 0 aromatic rings. The van der Waals surface area contributed by atoms with Gasteiger partial charge >= 0.3 is 8.80 Å². The van der Waals surface area contributed by atoms with E-state index in [-0.39, 0.29) is 0 Å². The Bertz CT molecular complexity index is 300. The van der Waals surface area contributed by atoms with Crippen LogP contribution in [0.5, 0.6) is 0 Å². The van der Waals surface area contributed by atoms with Crippen molar-refractivity contribution < 1.29 is 13.3 Å². The third-order valence-corrected chi connectivity index (χ3v) is 8.79. The van der Waals surface area contributed by atoms with Crippen LogP contribution in [0.25, 0.3) is 0 Å². The lowest BCUT2D eigenvalue weighted by Crippen LogP contribution is -2.44. The lowest BCUT2D eigenvalue weighted by Gasteiger charge is -2.27. The van der Waals surface area contributed by atoms with Gasteiger partial charge in [0.15, 0.2) is 0 Å². The minimum atomic E-state index is -2.38. The first kappa shape index (κ1) is 28.4. The van der Waals surface area contributed by atoms with Gasteiger partial charge in [0.05, 0.1) is 0 Å². The van der Waals surface area contributed by atoms with Crippen LogP contribution in [0.3, 0.4) is 0 Å². The molecule has 0 aliphatic heterocycles. The molecule has 0 bridgehead atoms. The summed E-state index contributed by atoms with van der Waals surface area (Å²) in [5.41, 5.74) is 0. The van der Waals surface area contributed by atoms with Crippen LogP contribution in [0.4, 0.5) is 0 Å². The molecule has 0 rings (SSSR count). The standard InChI is InChI=1S/C23H50O3SSi/c1-4-25-28(24-3,26-5-2)23-21-19-17-15-13-11-9-7-6-8-10-12-14-16-18-20-22-27/h27H,4-23H2,1-3H3. The van der Waals surface area contributed by atoms with Crippen molar-refractivity contribution in [2.45, 2.75) is 123 Å². The van der Waals surface area contributed by atoms with E-state index in [0.29, 0.717) is 13.2 Å². The van der Waals surface area contributed by atoms with Gasteiger partial charge in [-0.2, -0.15) is 12.6 Å². The zero-order valence-electron chi connectivity index (χ0n) is 19.3. The summed E-state index contributed by atoms with van der Waals surface area (Å²) in [7, 11) is -0.643. The molecule has 0 aromatic carbocycles. The smallest absolute Gasteiger partial charge is 0.377 e. The quantitative estimate of drug-likeness (QED) is 0.101. The molecule has 0 heterocycles. The molecule has 5 heteroatoms. The molecular formula is C23H50O3SSi. The van der Waals surface area contributed by atoms with Gasteiger partial charge in [-0.1, -0.05) is 89.9 Å². The van der Waals surface area contributed by atoms with Crippen LogP contribution in [0.2, 0.25) is 6.04 Å². The first-order valence-electron chi connectivity index (χ1n) is 12.2. The largest absolute Gasteiger partial charge is 0.500 e. The summed E-state index contributed by atoms with van der Waals surface area (Å²) in [6.07, 6.45) is 22.1. The zero-order valence-corrected chi connectivity index (χ0v) is 21.2. The number of rotatable bonds is 23. The summed E-state index contributed by atoms with van der Waals surface area (Å²) >= 11 is 4.26. The van der Waals surface area contributed by atoms with Gasteiger partial charge in [-0.15, -0.1) is 0 Å². The van der Waals surface area contributed by atoms with Crippen molar-refractivity contribution in [3.8, 4) is 0 Å². The summed E-state index contributed by atoms with van der Waals surface area (Å²) < 4.78 is 17.3. The Balaban J connectivity index is 3.35. The molecule has 170 valence electrons. The number of hydrogen-bond acceptors (Lipinski definition) is 4. The third kappa shape index (κ3) is 17.3. The number of hydrogen-bond donors (Lipinski definition) is 1. The maximum atomic E-state index is 5.84. The summed E-state index contributed by atoms with van der Waals surface area (Å²) in [5, 5.41) is 0. The minimum absolute atomic E-state index is 0.677. The molecule has 0 aliphatic carbocycles. The van der Waals surface area contributed by atoms with E-state index in [4.69, 9.17) is 13.3 Å². The molecule has 28 heavy (non-hydrogen) atoms. The fourth-order valence-corrected chi connectivity index (χ4v) is 6.37. The second-order valence-electron chi connectivity index (χ2n) is 7.88. The van der Waals surface area contributed by atoms with Crippen LogP contribution in [0.1, 0.15) is 117 Å². The van der Waals surface area contributed by atoms with Gasteiger partial charge < -0.3 is 13.3 Å². The van der Waals surface area contributed by atoms with E-state index in [1.54, 1.807) is 7.11 Å². The first-order valence-corrected chi connectivity index (χ1v) is 14.7. The van der Waals surface area contributed by atoms with Gasteiger partial charge in [0.2, 0.25) is 0 Å². The van der Waals surface area contributed by atoms with Crippen LogP contribution >= 0.6 is 12.6 Å². The Morgan fingerprint density at radius 1 is 0.536 bits per heavy atom. The Hall–Kier alpha value is 0.447. The highest BCUT2D eigenvalue weighted by atomic mass is 32.1. The van der Waals surface area contributed by atoms with Crippen LogP contribution in [-0.2, 0) is 13.3 Å². The van der Waals surface area contributed by atoms with Gasteiger partial charge in [0.25, 0.3) is 0 Å². The van der Waals surface area contributed by atoms with Crippen molar-refractivity contribution in [2.24, 2.45) is 0 Å². The SMILES string of the molecule is CCO[Si](CCCCCCCCCCCCCCCCCCS)(OC)OCC. The van der Waals surface area contributed by atoms with Crippen molar-refractivity contribution >= 4 is 21.4 Å². The van der Waals surface area contributed by atoms with Gasteiger partial charge in [-0.05, 0) is 32.4 Å². The van der Waals surface area contributed by atoms with Gasteiger partial charge in [0.1, 0.15) is 0 Å². The summed E-state index contributed by atoms with van der Waals surface area (Å²) in [6.45, 7) is 5.39. The molecule has 0 N–H and O–H groups in total. The van der Waals surface area contributed by atoms with Gasteiger partial charge in [-0.25, -0.2) is 0 Å². The third-order valence-electron chi connectivity index (χ3n) is 5.43. The molecule has 0 atom stereocenters. The zero-order chi connectivity index (χ0) is 20.8.